The second kappa shape index (κ2) is 13.3. The van der Waals surface area contributed by atoms with Crippen molar-refractivity contribution in [2.75, 3.05) is 0 Å². The average molecular weight is 532 g/mol. The third-order valence-electron chi connectivity index (χ3n) is 6.25. The summed E-state index contributed by atoms with van der Waals surface area (Å²) in [5, 5.41) is 0. The zero-order valence-electron chi connectivity index (χ0n) is 18.2. The van der Waals surface area contributed by atoms with Crippen molar-refractivity contribution >= 4 is 30.4 Å². The van der Waals surface area contributed by atoms with Gasteiger partial charge in [-0.25, -0.2) is 4.57 Å². The third-order valence-corrected chi connectivity index (χ3v) is 7.66. The first kappa shape index (κ1) is 26.8. The standard InChI is InChI=1S/C21H42IO5P/c1-5-7-9-11-13-15-21(4,14-12-10-8-6-2)18-16-19(22)26-20(18)17(3)27-28(23,24)25/h17-20H,5-16H2,1-4H3,(H2,23,24,25)/t17-,18?,19-,20-,21-/m1/s1. The van der Waals surface area contributed by atoms with Crippen molar-refractivity contribution in [2.24, 2.45) is 11.3 Å². The highest BCUT2D eigenvalue weighted by Crippen LogP contribution is 2.51. The molecule has 2 N–H and O–H groups in total. The Morgan fingerprint density at radius 1 is 1.07 bits per heavy atom. The van der Waals surface area contributed by atoms with Crippen LogP contribution in [0.3, 0.4) is 0 Å². The van der Waals surface area contributed by atoms with Crippen molar-refractivity contribution < 1.29 is 23.6 Å². The van der Waals surface area contributed by atoms with Crippen LogP contribution < -0.4 is 0 Å². The normalized spacial score (nSPS) is 26.3. The Hall–Kier alpha value is 0.800. The Morgan fingerprint density at radius 3 is 2.07 bits per heavy atom. The average Bonchev–Trinajstić information content (AvgIpc) is 3.00. The molecule has 5 atom stereocenters. The van der Waals surface area contributed by atoms with Gasteiger partial charge in [-0.1, -0.05) is 101 Å². The van der Waals surface area contributed by atoms with E-state index in [1.165, 1.54) is 57.8 Å². The fourth-order valence-corrected chi connectivity index (χ4v) is 6.07. The quantitative estimate of drug-likeness (QED) is 0.103. The van der Waals surface area contributed by atoms with E-state index in [9.17, 15) is 14.4 Å². The smallest absolute Gasteiger partial charge is 0.362 e. The predicted molar refractivity (Wildman–Crippen MR) is 124 cm³/mol. The molecule has 1 saturated heterocycles. The van der Waals surface area contributed by atoms with Gasteiger partial charge in [0.25, 0.3) is 0 Å². The maximum Gasteiger partial charge on any atom is 0.469 e. The van der Waals surface area contributed by atoms with Crippen LogP contribution in [0.25, 0.3) is 0 Å². The van der Waals surface area contributed by atoms with E-state index in [2.05, 4.69) is 43.4 Å². The molecule has 7 heteroatoms. The minimum Gasteiger partial charge on any atom is -0.362 e. The molecule has 0 aromatic carbocycles. The molecule has 1 rings (SSSR count). The highest BCUT2D eigenvalue weighted by atomic mass is 127. The zero-order chi connectivity index (χ0) is 21.2. The van der Waals surface area contributed by atoms with Crippen molar-refractivity contribution in [1.82, 2.24) is 0 Å². The molecule has 1 fully saturated rings. The number of hydrogen-bond donors (Lipinski definition) is 2. The summed E-state index contributed by atoms with van der Waals surface area (Å²) in [7, 11) is -4.52. The van der Waals surface area contributed by atoms with Crippen molar-refractivity contribution in [2.45, 2.75) is 121 Å². The molecule has 28 heavy (non-hydrogen) atoms. The Kier molecular flexibility index (Phi) is 12.7. The van der Waals surface area contributed by atoms with Crippen molar-refractivity contribution in [3.8, 4) is 0 Å². The molecule has 0 spiro atoms. The number of hydrogen-bond acceptors (Lipinski definition) is 3. The number of ether oxygens (including phenoxy) is 1. The molecular formula is C21H42IO5P. The lowest BCUT2D eigenvalue weighted by atomic mass is 9.66. The van der Waals surface area contributed by atoms with Gasteiger partial charge in [0.2, 0.25) is 0 Å². The molecule has 0 amide bonds. The van der Waals surface area contributed by atoms with Crippen LogP contribution in [0.1, 0.15) is 105 Å². The van der Waals surface area contributed by atoms with Gasteiger partial charge < -0.3 is 14.5 Å². The maximum absolute atomic E-state index is 11.4. The lowest BCUT2D eigenvalue weighted by molar-refractivity contribution is -0.0422. The Labute approximate surface area is 186 Å². The molecule has 5 nitrogen and oxygen atoms in total. The van der Waals surface area contributed by atoms with Gasteiger partial charge in [-0.3, -0.25) is 4.52 Å². The molecule has 0 radical (unpaired) electrons. The summed E-state index contributed by atoms with van der Waals surface area (Å²) >= 11 is 2.31. The van der Waals surface area contributed by atoms with E-state index < -0.39 is 13.9 Å². The van der Waals surface area contributed by atoms with E-state index in [1.807, 2.05) is 0 Å². The molecule has 1 aliphatic rings. The van der Waals surface area contributed by atoms with Crippen LogP contribution >= 0.6 is 30.4 Å². The first-order valence-corrected chi connectivity index (χ1v) is 13.9. The highest BCUT2D eigenvalue weighted by Gasteiger charge is 2.48. The summed E-state index contributed by atoms with van der Waals surface area (Å²) in [6.07, 6.45) is 13.6. The second-order valence-corrected chi connectivity index (χ2v) is 11.4. The van der Waals surface area contributed by atoms with Gasteiger partial charge in [0, 0.05) is 0 Å². The van der Waals surface area contributed by atoms with E-state index in [0.717, 1.165) is 19.3 Å². The van der Waals surface area contributed by atoms with Crippen LogP contribution in [0.2, 0.25) is 0 Å². The van der Waals surface area contributed by atoms with Gasteiger partial charge in [0.1, 0.15) is 4.11 Å². The molecule has 0 aliphatic carbocycles. The summed E-state index contributed by atoms with van der Waals surface area (Å²) in [4.78, 5) is 18.5. The summed E-state index contributed by atoms with van der Waals surface area (Å²) in [6, 6.07) is 0. The van der Waals surface area contributed by atoms with Gasteiger partial charge in [-0.2, -0.15) is 0 Å². The molecule has 168 valence electrons. The van der Waals surface area contributed by atoms with Gasteiger partial charge in [0.05, 0.1) is 12.2 Å². The molecule has 0 bridgehead atoms. The van der Waals surface area contributed by atoms with Crippen LogP contribution in [-0.2, 0) is 13.8 Å². The monoisotopic (exact) mass is 532 g/mol. The van der Waals surface area contributed by atoms with E-state index in [1.54, 1.807) is 6.92 Å². The van der Waals surface area contributed by atoms with Crippen LogP contribution in [0.15, 0.2) is 0 Å². The van der Waals surface area contributed by atoms with E-state index in [-0.39, 0.29) is 21.5 Å². The maximum atomic E-state index is 11.4. The van der Waals surface area contributed by atoms with Gasteiger partial charge in [0.15, 0.2) is 0 Å². The van der Waals surface area contributed by atoms with Gasteiger partial charge in [-0.15, -0.1) is 0 Å². The van der Waals surface area contributed by atoms with Crippen molar-refractivity contribution in [1.29, 1.82) is 0 Å². The second-order valence-electron chi connectivity index (χ2n) is 8.78. The lowest BCUT2D eigenvalue weighted by Gasteiger charge is -2.40. The van der Waals surface area contributed by atoms with E-state index >= 15 is 0 Å². The molecule has 0 saturated carbocycles. The topological polar surface area (TPSA) is 76.0 Å². The van der Waals surface area contributed by atoms with Crippen LogP contribution in [0.5, 0.6) is 0 Å². The van der Waals surface area contributed by atoms with Crippen LogP contribution in [0, 0.1) is 11.3 Å². The summed E-state index contributed by atoms with van der Waals surface area (Å²) < 4.78 is 22.6. The lowest BCUT2D eigenvalue weighted by Crippen LogP contribution is -2.40. The highest BCUT2D eigenvalue weighted by molar-refractivity contribution is 14.1. The number of phosphoric ester groups is 1. The SMILES string of the molecule is CCCCCCC[C@@](C)(CCCCCC)C1C[C@H](I)O[C@@H]1[C@@H](C)OP(=O)(O)O. The molecular weight excluding hydrogens is 490 g/mol. The molecule has 1 unspecified atom stereocenters. The van der Waals surface area contributed by atoms with E-state index in [0.29, 0.717) is 0 Å². The number of rotatable bonds is 15. The van der Waals surface area contributed by atoms with Gasteiger partial charge >= 0.3 is 7.82 Å². The Morgan fingerprint density at radius 2 is 1.57 bits per heavy atom. The van der Waals surface area contributed by atoms with E-state index in [4.69, 9.17) is 9.26 Å². The molecule has 1 aliphatic heterocycles. The summed E-state index contributed by atoms with van der Waals surface area (Å²) in [5.74, 6) is 0.267. The molecule has 0 aromatic heterocycles. The first-order valence-electron chi connectivity index (χ1n) is 11.2. The third kappa shape index (κ3) is 9.74. The largest absolute Gasteiger partial charge is 0.469 e. The Balaban J connectivity index is 2.85. The fourth-order valence-electron chi connectivity index (χ4n) is 4.63. The summed E-state index contributed by atoms with van der Waals surface area (Å²) in [5.41, 5.74) is 0.122. The van der Waals surface area contributed by atoms with Crippen molar-refractivity contribution in [3.05, 3.63) is 0 Å². The predicted octanol–water partition coefficient (Wildman–Crippen LogP) is 6.99. The number of phosphoric acid groups is 1. The van der Waals surface area contributed by atoms with Crippen molar-refractivity contribution in [3.63, 3.8) is 0 Å². The van der Waals surface area contributed by atoms with Crippen LogP contribution in [0.4, 0.5) is 0 Å². The zero-order valence-corrected chi connectivity index (χ0v) is 21.3. The number of halogens is 1. The number of alkyl halides is 1. The molecule has 1 heterocycles. The minimum atomic E-state index is -4.52. The number of unbranched alkanes of at least 4 members (excludes halogenated alkanes) is 7. The molecule has 0 aromatic rings. The van der Waals surface area contributed by atoms with Gasteiger partial charge in [-0.05, 0) is 37.5 Å². The minimum absolute atomic E-state index is 0.0745. The summed E-state index contributed by atoms with van der Waals surface area (Å²) in [6.45, 7) is 8.58. The first-order chi connectivity index (χ1) is 13.1. The van der Waals surface area contributed by atoms with Crippen LogP contribution in [-0.4, -0.2) is 26.1 Å². The fraction of sp³-hybridized carbons (Fsp3) is 1.00. The Bertz CT molecular complexity index is 472.